The third-order valence-corrected chi connectivity index (χ3v) is 2.75. The Morgan fingerprint density at radius 2 is 1.94 bits per heavy atom. The Kier molecular flexibility index (Phi) is 4.26. The quantitative estimate of drug-likeness (QED) is 0.794. The van der Waals surface area contributed by atoms with Crippen molar-refractivity contribution in [3.8, 4) is 11.5 Å². The van der Waals surface area contributed by atoms with Crippen LogP contribution in [0, 0.1) is 5.92 Å². The molecule has 0 spiro atoms. The maximum absolute atomic E-state index is 5.56. The summed E-state index contributed by atoms with van der Waals surface area (Å²) >= 11 is 0. The molecule has 0 amide bonds. The van der Waals surface area contributed by atoms with E-state index in [0.29, 0.717) is 19.1 Å². The standard InChI is InChI=1S/C14H21NO2/c1-11(2)10-15-6-5-12-3-4-13-14(9-12)17-8-7-16-13/h3-4,9,11,15H,5-8,10H2,1-2H3. The second kappa shape index (κ2) is 5.92. The van der Waals surface area contributed by atoms with Gasteiger partial charge in [0.05, 0.1) is 0 Å². The van der Waals surface area contributed by atoms with E-state index in [-0.39, 0.29) is 0 Å². The van der Waals surface area contributed by atoms with Gasteiger partial charge in [-0.3, -0.25) is 0 Å². The van der Waals surface area contributed by atoms with Gasteiger partial charge in [-0.15, -0.1) is 0 Å². The molecule has 0 atom stereocenters. The normalized spacial score (nSPS) is 14.1. The Morgan fingerprint density at radius 1 is 1.18 bits per heavy atom. The molecule has 0 aliphatic carbocycles. The number of rotatable bonds is 5. The first-order chi connectivity index (χ1) is 8.25. The van der Waals surface area contributed by atoms with Gasteiger partial charge in [0.2, 0.25) is 0 Å². The lowest BCUT2D eigenvalue weighted by molar-refractivity contribution is 0.171. The minimum atomic E-state index is 0.655. The van der Waals surface area contributed by atoms with Crippen LogP contribution in [0.2, 0.25) is 0 Å². The zero-order valence-electron chi connectivity index (χ0n) is 10.7. The van der Waals surface area contributed by atoms with E-state index in [0.717, 1.165) is 31.0 Å². The SMILES string of the molecule is CC(C)CNCCc1ccc2c(c1)OCCO2. The molecule has 2 rings (SSSR count). The van der Waals surface area contributed by atoms with E-state index in [2.05, 4.69) is 31.3 Å². The second-order valence-corrected chi connectivity index (χ2v) is 4.83. The van der Waals surface area contributed by atoms with Crippen molar-refractivity contribution in [3.63, 3.8) is 0 Å². The Balaban J connectivity index is 1.85. The molecule has 0 saturated heterocycles. The van der Waals surface area contributed by atoms with Gasteiger partial charge < -0.3 is 14.8 Å². The summed E-state index contributed by atoms with van der Waals surface area (Å²) in [4.78, 5) is 0. The molecule has 94 valence electrons. The number of hydrogen-bond donors (Lipinski definition) is 1. The van der Waals surface area contributed by atoms with Crippen LogP contribution in [0.1, 0.15) is 19.4 Å². The number of hydrogen-bond acceptors (Lipinski definition) is 3. The summed E-state index contributed by atoms with van der Waals surface area (Å²) in [6.07, 6.45) is 1.03. The maximum atomic E-state index is 5.56. The molecular formula is C14H21NO2. The average Bonchev–Trinajstić information content (AvgIpc) is 2.34. The van der Waals surface area contributed by atoms with Gasteiger partial charge in [0.25, 0.3) is 0 Å². The summed E-state index contributed by atoms with van der Waals surface area (Å²) in [6.45, 7) is 7.83. The summed E-state index contributed by atoms with van der Waals surface area (Å²) in [7, 11) is 0. The molecule has 1 aromatic carbocycles. The van der Waals surface area contributed by atoms with E-state index >= 15 is 0 Å². The highest BCUT2D eigenvalue weighted by Gasteiger charge is 2.11. The topological polar surface area (TPSA) is 30.5 Å². The molecule has 0 radical (unpaired) electrons. The zero-order valence-corrected chi connectivity index (χ0v) is 10.7. The highest BCUT2D eigenvalue weighted by atomic mass is 16.6. The molecular weight excluding hydrogens is 214 g/mol. The first kappa shape index (κ1) is 12.2. The highest BCUT2D eigenvalue weighted by Crippen LogP contribution is 2.30. The van der Waals surface area contributed by atoms with Crippen molar-refractivity contribution in [2.45, 2.75) is 20.3 Å². The third kappa shape index (κ3) is 3.63. The van der Waals surface area contributed by atoms with Crippen LogP contribution < -0.4 is 14.8 Å². The van der Waals surface area contributed by atoms with E-state index in [1.165, 1.54) is 5.56 Å². The van der Waals surface area contributed by atoms with Crippen molar-refractivity contribution in [1.82, 2.24) is 5.32 Å². The van der Waals surface area contributed by atoms with Gasteiger partial charge in [-0.05, 0) is 43.1 Å². The Morgan fingerprint density at radius 3 is 2.71 bits per heavy atom. The van der Waals surface area contributed by atoms with Gasteiger partial charge in [0.1, 0.15) is 13.2 Å². The van der Waals surface area contributed by atoms with Gasteiger partial charge >= 0.3 is 0 Å². The zero-order chi connectivity index (χ0) is 12.1. The van der Waals surface area contributed by atoms with Crippen molar-refractivity contribution in [2.24, 2.45) is 5.92 Å². The molecule has 0 fully saturated rings. The molecule has 1 heterocycles. The molecule has 17 heavy (non-hydrogen) atoms. The van der Waals surface area contributed by atoms with E-state index in [4.69, 9.17) is 9.47 Å². The minimum absolute atomic E-state index is 0.655. The van der Waals surface area contributed by atoms with Gasteiger partial charge in [-0.1, -0.05) is 19.9 Å². The summed E-state index contributed by atoms with van der Waals surface area (Å²) in [5.41, 5.74) is 1.30. The third-order valence-electron chi connectivity index (χ3n) is 2.75. The first-order valence-corrected chi connectivity index (χ1v) is 6.35. The van der Waals surface area contributed by atoms with Gasteiger partial charge in [-0.25, -0.2) is 0 Å². The van der Waals surface area contributed by atoms with E-state index in [1.54, 1.807) is 0 Å². The molecule has 0 bridgehead atoms. The van der Waals surface area contributed by atoms with E-state index < -0.39 is 0 Å². The molecule has 1 aliphatic rings. The van der Waals surface area contributed by atoms with E-state index in [9.17, 15) is 0 Å². The van der Waals surface area contributed by atoms with Crippen molar-refractivity contribution in [2.75, 3.05) is 26.3 Å². The number of fused-ring (bicyclic) bond motifs is 1. The van der Waals surface area contributed by atoms with E-state index in [1.807, 2.05) is 6.07 Å². The number of benzene rings is 1. The van der Waals surface area contributed by atoms with Crippen LogP contribution in [0.15, 0.2) is 18.2 Å². The lowest BCUT2D eigenvalue weighted by Crippen LogP contribution is -2.22. The Hall–Kier alpha value is -1.22. The fraction of sp³-hybridized carbons (Fsp3) is 0.571. The summed E-state index contributed by atoms with van der Waals surface area (Å²) in [5, 5.41) is 3.44. The van der Waals surface area contributed by atoms with Gasteiger partial charge in [0.15, 0.2) is 11.5 Å². The van der Waals surface area contributed by atoms with Crippen molar-refractivity contribution < 1.29 is 9.47 Å². The van der Waals surface area contributed by atoms with Crippen LogP contribution in [-0.2, 0) is 6.42 Å². The monoisotopic (exact) mass is 235 g/mol. The lowest BCUT2D eigenvalue weighted by Gasteiger charge is -2.19. The van der Waals surface area contributed by atoms with Crippen LogP contribution >= 0.6 is 0 Å². The van der Waals surface area contributed by atoms with Crippen molar-refractivity contribution in [1.29, 1.82) is 0 Å². The molecule has 1 aromatic rings. The molecule has 3 heteroatoms. The predicted molar refractivity (Wildman–Crippen MR) is 68.8 cm³/mol. The highest BCUT2D eigenvalue weighted by molar-refractivity contribution is 5.43. The number of nitrogens with one attached hydrogen (secondary N) is 1. The molecule has 0 saturated carbocycles. The average molecular weight is 235 g/mol. The van der Waals surface area contributed by atoms with Crippen molar-refractivity contribution in [3.05, 3.63) is 23.8 Å². The number of ether oxygens (including phenoxy) is 2. The molecule has 0 aromatic heterocycles. The van der Waals surface area contributed by atoms with Crippen molar-refractivity contribution >= 4 is 0 Å². The molecule has 1 aliphatic heterocycles. The maximum Gasteiger partial charge on any atom is 0.161 e. The van der Waals surface area contributed by atoms with Crippen LogP contribution in [0.3, 0.4) is 0 Å². The minimum Gasteiger partial charge on any atom is -0.486 e. The molecule has 1 N–H and O–H groups in total. The summed E-state index contributed by atoms with van der Waals surface area (Å²) < 4.78 is 11.1. The first-order valence-electron chi connectivity index (χ1n) is 6.35. The summed E-state index contributed by atoms with van der Waals surface area (Å²) in [5.74, 6) is 2.46. The Labute approximate surface area is 103 Å². The molecule has 0 unspecified atom stereocenters. The van der Waals surface area contributed by atoms with Crippen LogP contribution in [0.4, 0.5) is 0 Å². The lowest BCUT2D eigenvalue weighted by atomic mass is 10.1. The fourth-order valence-corrected chi connectivity index (χ4v) is 1.87. The van der Waals surface area contributed by atoms with Crippen LogP contribution in [0.25, 0.3) is 0 Å². The predicted octanol–water partition coefficient (Wildman–Crippen LogP) is 2.25. The molecule has 3 nitrogen and oxygen atoms in total. The van der Waals surface area contributed by atoms with Gasteiger partial charge in [0, 0.05) is 0 Å². The smallest absolute Gasteiger partial charge is 0.161 e. The summed E-state index contributed by atoms with van der Waals surface area (Å²) in [6, 6.07) is 6.21. The van der Waals surface area contributed by atoms with Gasteiger partial charge in [-0.2, -0.15) is 0 Å². The fourth-order valence-electron chi connectivity index (χ4n) is 1.87. The second-order valence-electron chi connectivity index (χ2n) is 4.83. The van der Waals surface area contributed by atoms with Crippen LogP contribution in [-0.4, -0.2) is 26.3 Å². The largest absolute Gasteiger partial charge is 0.486 e. The Bertz CT molecular complexity index is 363. The van der Waals surface area contributed by atoms with Crippen LogP contribution in [0.5, 0.6) is 11.5 Å².